The lowest BCUT2D eigenvalue weighted by atomic mass is 10.0. The summed E-state index contributed by atoms with van der Waals surface area (Å²) in [6.45, 7) is 0. The molecule has 0 fully saturated rings. The summed E-state index contributed by atoms with van der Waals surface area (Å²) < 4.78 is 0. The average Bonchev–Trinajstić information content (AvgIpc) is 2.77. The average molecular weight is 458 g/mol. The van der Waals surface area contributed by atoms with Gasteiger partial charge < -0.3 is 20.4 Å². The minimum Gasteiger partial charge on any atom is -0.478 e. The first kappa shape index (κ1) is 25.1. The third-order valence-electron chi connectivity index (χ3n) is 3.98. The van der Waals surface area contributed by atoms with E-state index in [-0.39, 0.29) is 0 Å². The first-order chi connectivity index (χ1) is 16.1. The third kappa shape index (κ3) is 9.32. The summed E-state index contributed by atoms with van der Waals surface area (Å²) in [5.74, 6) is 1.23. The van der Waals surface area contributed by atoms with E-state index < -0.39 is 23.9 Å². The van der Waals surface area contributed by atoms with Crippen LogP contribution in [-0.4, -0.2) is 44.3 Å². The quantitative estimate of drug-likeness (QED) is 0.347. The molecule has 0 radical (unpaired) electrons. The van der Waals surface area contributed by atoms with Gasteiger partial charge >= 0.3 is 23.9 Å². The molecule has 8 nitrogen and oxygen atoms in total. The Morgan fingerprint density at radius 2 is 0.706 bits per heavy atom. The molecule has 0 aliphatic rings. The number of rotatable bonds is 8. The number of hydrogen-bond acceptors (Lipinski definition) is 4. The van der Waals surface area contributed by atoms with Crippen molar-refractivity contribution < 1.29 is 39.6 Å². The lowest BCUT2D eigenvalue weighted by molar-refractivity contribution is -0.132. The van der Waals surface area contributed by atoms with Gasteiger partial charge in [-0.05, 0) is 83.0 Å². The zero-order chi connectivity index (χ0) is 25.1. The predicted molar refractivity (Wildman–Crippen MR) is 126 cm³/mol. The Balaban J connectivity index is 2.54. The van der Waals surface area contributed by atoms with Gasteiger partial charge in [0, 0.05) is 35.4 Å². The van der Waals surface area contributed by atoms with Crippen molar-refractivity contribution in [3.8, 4) is 11.8 Å². The standard InChI is InChI=1S/C26H18O8/c27-23(28)7-3-19-11-17(12-20(15-19)4-8-24(29)30)1-2-18-13-21(5-9-25(31)32)16-22(14-18)6-10-26(33)34/h3-16H,(H,27,28)(H,29,30)(H,31,32)(H,33,34)/b7-3+,8-4+,9-5+,10-6+. The fraction of sp³-hybridized carbons (Fsp3) is 0. The van der Waals surface area contributed by atoms with Crippen molar-refractivity contribution in [2.24, 2.45) is 0 Å². The molecule has 0 amide bonds. The highest BCUT2D eigenvalue weighted by Gasteiger charge is 2.00. The molecule has 2 aromatic carbocycles. The molecule has 0 heterocycles. The van der Waals surface area contributed by atoms with Gasteiger partial charge in [-0.1, -0.05) is 11.8 Å². The van der Waals surface area contributed by atoms with E-state index in [4.69, 9.17) is 20.4 Å². The topological polar surface area (TPSA) is 149 Å². The maximum Gasteiger partial charge on any atom is 0.328 e. The van der Waals surface area contributed by atoms with E-state index in [0.29, 0.717) is 33.4 Å². The normalized spacial score (nSPS) is 11.2. The van der Waals surface area contributed by atoms with Crippen LogP contribution in [0.5, 0.6) is 0 Å². The lowest BCUT2D eigenvalue weighted by Crippen LogP contribution is -1.90. The van der Waals surface area contributed by atoms with E-state index >= 15 is 0 Å². The summed E-state index contributed by atoms with van der Waals surface area (Å²) in [5.41, 5.74) is 2.88. The molecule has 0 saturated carbocycles. The van der Waals surface area contributed by atoms with Crippen molar-refractivity contribution in [3.63, 3.8) is 0 Å². The molecule has 0 unspecified atom stereocenters. The first-order valence-electron chi connectivity index (χ1n) is 9.57. The molecule has 2 rings (SSSR count). The third-order valence-corrected chi connectivity index (χ3v) is 3.98. The molecule has 0 spiro atoms. The highest BCUT2D eigenvalue weighted by atomic mass is 16.4. The molecular formula is C26H18O8. The van der Waals surface area contributed by atoms with Crippen LogP contribution < -0.4 is 0 Å². The van der Waals surface area contributed by atoms with Gasteiger partial charge in [-0.3, -0.25) is 0 Å². The van der Waals surface area contributed by atoms with Crippen LogP contribution in [0.25, 0.3) is 24.3 Å². The minimum atomic E-state index is -1.15. The number of hydrogen-bond donors (Lipinski definition) is 4. The maximum atomic E-state index is 10.8. The Hall–Kier alpha value is -5.16. The molecule has 0 aliphatic heterocycles. The molecule has 2 aromatic rings. The summed E-state index contributed by atoms with van der Waals surface area (Å²) in [6, 6.07) is 9.65. The zero-order valence-electron chi connectivity index (χ0n) is 17.5. The lowest BCUT2D eigenvalue weighted by Gasteiger charge is -2.02. The van der Waals surface area contributed by atoms with Gasteiger partial charge in [0.25, 0.3) is 0 Å². The minimum absolute atomic E-state index is 0.465. The fourth-order valence-electron chi connectivity index (χ4n) is 2.70. The molecule has 8 heteroatoms. The number of carboxylic acids is 4. The zero-order valence-corrected chi connectivity index (χ0v) is 17.5. The Labute approximate surface area is 194 Å². The fourth-order valence-corrected chi connectivity index (χ4v) is 2.70. The molecule has 0 bridgehead atoms. The Morgan fingerprint density at radius 1 is 0.471 bits per heavy atom. The maximum absolute atomic E-state index is 10.8. The van der Waals surface area contributed by atoms with Crippen molar-refractivity contribution in [3.05, 3.63) is 94.1 Å². The molecule has 0 aromatic heterocycles. The van der Waals surface area contributed by atoms with E-state index in [9.17, 15) is 19.2 Å². The Morgan fingerprint density at radius 3 is 0.912 bits per heavy atom. The monoisotopic (exact) mass is 458 g/mol. The van der Waals surface area contributed by atoms with Gasteiger partial charge in [0.1, 0.15) is 0 Å². The van der Waals surface area contributed by atoms with Crippen molar-refractivity contribution in [2.75, 3.05) is 0 Å². The van der Waals surface area contributed by atoms with E-state index in [1.165, 1.54) is 24.3 Å². The molecule has 4 N–H and O–H groups in total. The SMILES string of the molecule is O=C(O)/C=C/c1cc(C#Cc2cc(/C=C/C(=O)O)cc(/C=C/C(=O)O)c2)cc(/C=C/C(=O)O)c1. The predicted octanol–water partition coefficient (Wildman–Crippen LogP) is 3.48. The summed E-state index contributed by atoms with van der Waals surface area (Å²) in [4.78, 5) is 43.3. The smallest absolute Gasteiger partial charge is 0.328 e. The van der Waals surface area contributed by atoms with Crippen LogP contribution in [0.1, 0.15) is 33.4 Å². The largest absolute Gasteiger partial charge is 0.478 e. The van der Waals surface area contributed by atoms with E-state index in [1.807, 2.05) is 0 Å². The van der Waals surface area contributed by atoms with Crippen LogP contribution in [0, 0.1) is 11.8 Å². The molecular weight excluding hydrogens is 440 g/mol. The highest BCUT2D eigenvalue weighted by Crippen LogP contribution is 2.16. The van der Waals surface area contributed by atoms with E-state index in [1.54, 1.807) is 36.4 Å². The van der Waals surface area contributed by atoms with E-state index in [2.05, 4.69) is 11.8 Å². The second-order valence-electron chi connectivity index (χ2n) is 6.71. The van der Waals surface area contributed by atoms with Gasteiger partial charge in [-0.2, -0.15) is 0 Å². The number of benzene rings is 2. The van der Waals surface area contributed by atoms with Crippen molar-refractivity contribution in [1.82, 2.24) is 0 Å². The number of aliphatic carboxylic acids is 4. The second-order valence-corrected chi connectivity index (χ2v) is 6.71. The van der Waals surface area contributed by atoms with Crippen LogP contribution in [0.15, 0.2) is 60.7 Å². The Bertz CT molecular complexity index is 1130. The van der Waals surface area contributed by atoms with Crippen molar-refractivity contribution >= 4 is 48.2 Å². The van der Waals surface area contributed by atoms with Gasteiger partial charge in [-0.15, -0.1) is 0 Å². The molecule has 170 valence electrons. The molecule has 34 heavy (non-hydrogen) atoms. The van der Waals surface area contributed by atoms with Crippen LogP contribution in [0.2, 0.25) is 0 Å². The second kappa shape index (κ2) is 12.0. The highest BCUT2D eigenvalue weighted by molar-refractivity contribution is 5.88. The number of carbonyl (C=O) groups is 4. The van der Waals surface area contributed by atoms with Crippen molar-refractivity contribution in [1.29, 1.82) is 0 Å². The summed E-state index contributed by atoms with van der Waals surface area (Å²) >= 11 is 0. The van der Waals surface area contributed by atoms with Gasteiger partial charge in [0.2, 0.25) is 0 Å². The Kier molecular flexibility index (Phi) is 8.88. The number of carboxylic acid groups (broad SMARTS) is 4. The van der Waals surface area contributed by atoms with E-state index in [0.717, 1.165) is 24.3 Å². The van der Waals surface area contributed by atoms with Gasteiger partial charge in [0.05, 0.1) is 0 Å². The van der Waals surface area contributed by atoms with Crippen LogP contribution >= 0.6 is 0 Å². The molecule has 0 aliphatic carbocycles. The van der Waals surface area contributed by atoms with Gasteiger partial charge in [0.15, 0.2) is 0 Å². The summed E-state index contributed by atoms with van der Waals surface area (Å²) in [7, 11) is 0. The summed E-state index contributed by atoms with van der Waals surface area (Å²) in [6.07, 6.45) is 9.14. The van der Waals surface area contributed by atoms with Crippen LogP contribution in [0.4, 0.5) is 0 Å². The summed E-state index contributed by atoms with van der Waals surface area (Å²) in [5, 5.41) is 35.4. The first-order valence-corrected chi connectivity index (χ1v) is 9.57. The van der Waals surface area contributed by atoms with Crippen LogP contribution in [0.3, 0.4) is 0 Å². The van der Waals surface area contributed by atoms with Crippen LogP contribution in [-0.2, 0) is 19.2 Å². The molecule has 0 saturated heterocycles. The van der Waals surface area contributed by atoms with Gasteiger partial charge in [-0.25, -0.2) is 19.2 Å². The molecule has 0 atom stereocenters. The van der Waals surface area contributed by atoms with Crippen molar-refractivity contribution in [2.45, 2.75) is 0 Å².